The van der Waals surface area contributed by atoms with Gasteiger partial charge in [0, 0.05) is 11.3 Å². The van der Waals surface area contributed by atoms with E-state index in [0.717, 1.165) is 22.6 Å². The van der Waals surface area contributed by atoms with Crippen LogP contribution in [-0.4, -0.2) is 34.3 Å². The number of ether oxygens (including phenoxy) is 4. The second-order valence-corrected chi connectivity index (χ2v) is 6.43. The first-order chi connectivity index (χ1) is 12.9. The summed E-state index contributed by atoms with van der Waals surface area (Å²) in [4.78, 5) is 12.8. The molecule has 27 heavy (non-hydrogen) atoms. The van der Waals surface area contributed by atoms with E-state index in [2.05, 4.69) is 19.2 Å². The highest BCUT2D eigenvalue weighted by molar-refractivity contribution is 6.05. The third-order valence-electron chi connectivity index (χ3n) is 4.37. The average Bonchev–Trinajstić information content (AvgIpc) is 2.67. The van der Waals surface area contributed by atoms with E-state index >= 15 is 0 Å². The van der Waals surface area contributed by atoms with Gasteiger partial charge in [0.15, 0.2) is 11.5 Å². The van der Waals surface area contributed by atoms with E-state index in [1.807, 2.05) is 19.1 Å². The van der Waals surface area contributed by atoms with Crippen LogP contribution >= 0.6 is 0 Å². The molecule has 0 aliphatic carbocycles. The Hall–Kier alpha value is -2.89. The minimum atomic E-state index is -0.266. The van der Waals surface area contributed by atoms with Crippen molar-refractivity contribution in [1.82, 2.24) is 0 Å². The fraction of sp³-hybridized carbons (Fsp3) is 0.381. The van der Waals surface area contributed by atoms with Crippen molar-refractivity contribution in [1.29, 1.82) is 0 Å². The number of methoxy groups -OCH3 is 4. The zero-order valence-electron chi connectivity index (χ0n) is 16.9. The number of hydrogen-bond donors (Lipinski definition) is 1. The number of aryl methyl sites for hydroxylation is 1. The van der Waals surface area contributed by atoms with Gasteiger partial charge in [-0.2, -0.15) is 0 Å². The van der Waals surface area contributed by atoms with Crippen molar-refractivity contribution < 1.29 is 23.7 Å². The SMILES string of the molecule is COc1cc(C)c(NC(=O)c2cc(OC)c(OC)c(OC)c2)cc1C(C)C. The molecule has 2 rings (SSSR count). The number of carbonyl (C=O) groups is 1. The molecule has 0 heterocycles. The number of carbonyl (C=O) groups excluding carboxylic acids is 1. The molecule has 0 aromatic heterocycles. The molecule has 0 atom stereocenters. The molecule has 2 aromatic rings. The quantitative estimate of drug-likeness (QED) is 0.779. The maximum atomic E-state index is 12.8. The Morgan fingerprint density at radius 2 is 1.41 bits per heavy atom. The first kappa shape index (κ1) is 20.4. The molecule has 6 nitrogen and oxygen atoms in total. The molecule has 0 aliphatic rings. The smallest absolute Gasteiger partial charge is 0.255 e. The van der Waals surface area contributed by atoms with E-state index in [9.17, 15) is 4.79 Å². The highest BCUT2D eigenvalue weighted by Crippen LogP contribution is 2.38. The second-order valence-electron chi connectivity index (χ2n) is 6.43. The summed E-state index contributed by atoms with van der Waals surface area (Å²) in [5.74, 6) is 2.11. The number of amides is 1. The molecule has 0 saturated heterocycles. The normalized spacial score (nSPS) is 10.5. The molecule has 0 radical (unpaired) electrons. The van der Waals surface area contributed by atoms with Crippen LogP contribution in [0.4, 0.5) is 5.69 Å². The van der Waals surface area contributed by atoms with E-state index in [1.165, 1.54) is 21.3 Å². The lowest BCUT2D eigenvalue weighted by Gasteiger charge is -2.17. The topological polar surface area (TPSA) is 66.0 Å². The third-order valence-corrected chi connectivity index (χ3v) is 4.37. The van der Waals surface area contributed by atoms with Gasteiger partial charge in [-0.15, -0.1) is 0 Å². The van der Waals surface area contributed by atoms with Gasteiger partial charge < -0.3 is 24.3 Å². The molecule has 6 heteroatoms. The van der Waals surface area contributed by atoms with Gasteiger partial charge in [-0.25, -0.2) is 0 Å². The van der Waals surface area contributed by atoms with Gasteiger partial charge in [0.2, 0.25) is 5.75 Å². The lowest BCUT2D eigenvalue weighted by molar-refractivity contribution is 0.102. The van der Waals surface area contributed by atoms with Crippen molar-refractivity contribution in [2.24, 2.45) is 0 Å². The van der Waals surface area contributed by atoms with Gasteiger partial charge >= 0.3 is 0 Å². The Morgan fingerprint density at radius 3 is 1.85 bits per heavy atom. The summed E-state index contributed by atoms with van der Waals surface area (Å²) in [5.41, 5.74) is 3.09. The van der Waals surface area contributed by atoms with E-state index in [0.29, 0.717) is 22.8 Å². The van der Waals surface area contributed by atoms with Gasteiger partial charge in [0.1, 0.15) is 5.75 Å². The van der Waals surface area contributed by atoms with Crippen LogP contribution in [0.15, 0.2) is 24.3 Å². The molecular formula is C21H27NO5. The first-order valence-electron chi connectivity index (χ1n) is 8.66. The van der Waals surface area contributed by atoms with Crippen LogP contribution in [0.2, 0.25) is 0 Å². The van der Waals surface area contributed by atoms with E-state index in [4.69, 9.17) is 18.9 Å². The fourth-order valence-electron chi connectivity index (χ4n) is 2.87. The molecule has 0 spiro atoms. The van der Waals surface area contributed by atoms with Crippen molar-refractivity contribution in [3.05, 3.63) is 41.0 Å². The molecule has 0 saturated carbocycles. The van der Waals surface area contributed by atoms with Crippen molar-refractivity contribution >= 4 is 11.6 Å². The summed E-state index contributed by atoms with van der Waals surface area (Å²) >= 11 is 0. The van der Waals surface area contributed by atoms with Crippen LogP contribution in [-0.2, 0) is 0 Å². The van der Waals surface area contributed by atoms with Crippen LogP contribution in [0, 0.1) is 6.92 Å². The summed E-state index contributed by atoms with van der Waals surface area (Å²) in [6, 6.07) is 7.13. The summed E-state index contributed by atoms with van der Waals surface area (Å²) < 4.78 is 21.4. The van der Waals surface area contributed by atoms with Crippen LogP contribution in [0.25, 0.3) is 0 Å². The zero-order chi connectivity index (χ0) is 20.1. The Labute approximate surface area is 160 Å². The molecule has 1 amide bonds. The zero-order valence-corrected chi connectivity index (χ0v) is 16.9. The third kappa shape index (κ3) is 4.27. The van der Waals surface area contributed by atoms with Crippen LogP contribution in [0.5, 0.6) is 23.0 Å². The lowest BCUT2D eigenvalue weighted by atomic mass is 9.99. The standard InChI is InChI=1S/C21H27NO5/c1-12(2)15-11-16(13(3)8-17(15)24-4)22-21(23)14-9-18(25-5)20(27-7)19(10-14)26-6/h8-12H,1-7H3,(H,22,23). The number of hydrogen-bond acceptors (Lipinski definition) is 5. The van der Waals surface area contributed by atoms with Gasteiger partial charge in [-0.1, -0.05) is 13.8 Å². The number of rotatable bonds is 7. The molecule has 2 aromatic carbocycles. The molecule has 1 N–H and O–H groups in total. The summed E-state index contributed by atoms with van der Waals surface area (Å²) in [6.45, 7) is 6.09. The molecule has 0 fully saturated rings. The molecule has 0 bridgehead atoms. The van der Waals surface area contributed by atoms with Crippen LogP contribution in [0.1, 0.15) is 41.3 Å². The minimum absolute atomic E-state index is 0.261. The lowest BCUT2D eigenvalue weighted by Crippen LogP contribution is -2.14. The second kappa shape index (κ2) is 8.66. The van der Waals surface area contributed by atoms with E-state index < -0.39 is 0 Å². The summed E-state index contributed by atoms with van der Waals surface area (Å²) in [7, 11) is 6.20. The molecule has 0 aliphatic heterocycles. The highest BCUT2D eigenvalue weighted by atomic mass is 16.5. The van der Waals surface area contributed by atoms with Crippen molar-refractivity contribution in [2.75, 3.05) is 33.8 Å². The largest absolute Gasteiger partial charge is 0.496 e. The van der Waals surface area contributed by atoms with Gasteiger partial charge in [-0.05, 0) is 48.2 Å². The van der Waals surface area contributed by atoms with Gasteiger partial charge in [0.25, 0.3) is 5.91 Å². The predicted octanol–water partition coefficient (Wildman–Crippen LogP) is 4.41. The number of benzene rings is 2. The minimum Gasteiger partial charge on any atom is -0.496 e. The number of nitrogens with one attached hydrogen (secondary N) is 1. The van der Waals surface area contributed by atoms with Crippen LogP contribution < -0.4 is 24.3 Å². The summed E-state index contributed by atoms with van der Waals surface area (Å²) in [6.07, 6.45) is 0. The van der Waals surface area contributed by atoms with Crippen molar-refractivity contribution in [2.45, 2.75) is 26.7 Å². The Kier molecular flexibility index (Phi) is 6.55. The highest BCUT2D eigenvalue weighted by Gasteiger charge is 2.18. The Bertz CT molecular complexity index is 805. The number of anilines is 1. The maximum Gasteiger partial charge on any atom is 0.255 e. The Balaban J connectivity index is 2.42. The van der Waals surface area contributed by atoms with Crippen molar-refractivity contribution in [3.63, 3.8) is 0 Å². The van der Waals surface area contributed by atoms with E-state index in [1.54, 1.807) is 19.2 Å². The summed E-state index contributed by atoms with van der Waals surface area (Å²) in [5, 5.41) is 2.97. The van der Waals surface area contributed by atoms with E-state index in [-0.39, 0.29) is 11.8 Å². The van der Waals surface area contributed by atoms with Crippen LogP contribution in [0.3, 0.4) is 0 Å². The Morgan fingerprint density at radius 1 is 0.852 bits per heavy atom. The molecule has 0 unspecified atom stereocenters. The maximum absolute atomic E-state index is 12.8. The molecule has 146 valence electrons. The van der Waals surface area contributed by atoms with Gasteiger partial charge in [-0.3, -0.25) is 4.79 Å². The molecular weight excluding hydrogens is 346 g/mol. The average molecular weight is 373 g/mol. The predicted molar refractivity (Wildman–Crippen MR) is 106 cm³/mol. The first-order valence-corrected chi connectivity index (χ1v) is 8.66. The van der Waals surface area contributed by atoms with Gasteiger partial charge in [0.05, 0.1) is 28.4 Å². The monoisotopic (exact) mass is 373 g/mol. The van der Waals surface area contributed by atoms with Crippen molar-refractivity contribution in [3.8, 4) is 23.0 Å². The fourth-order valence-corrected chi connectivity index (χ4v) is 2.87.